The molecule has 1 aliphatic carbocycles. The Morgan fingerprint density at radius 2 is 1.84 bits per heavy atom. The number of ether oxygens (including phenoxy) is 1. The third-order valence-corrected chi connectivity index (χ3v) is 7.75. The SMILES string of the molecule is CN1Cc2ccc(-c3ccc(C[C@@H](C#N)NC(=O)[C@@H]4C5CC[C@H](C5)N4C(=O)OC(C)(C)C)cc3)cc2C1=O. The number of nitriles is 1. The van der Waals surface area contributed by atoms with Gasteiger partial charge in [0, 0.05) is 31.6 Å². The first kappa shape index (κ1) is 25.8. The molecule has 198 valence electrons. The molecule has 2 aromatic rings. The topological polar surface area (TPSA) is 103 Å². The van der Waals surface area contributed by atoms with Gasteiger partial charge in [-0.05, 0) is 74.3 Å². The van der Waals surface area contributed by atoms with Gasteiger partial charge >= 0.3 is 6.09 Å². The van der Waals surface area contributed by atoms with Crippen molar-refractivity contribution in [3.8, 4) is 17.2 Å². The number of carbonyl (C=O) groups is 3. The number of hydrogen-bond donors (Lipinski definition) is 1. The second-order valence-electron chi connectivity index (χ2n) is 11.7. The van der Waals surface area contributed by atoms with Crippen molar-refractivity contribution in [2.45, 2.75) is 76.7 Å². The number of likely N-dealkylation sites (tertiary alicyclic amines) is 1. The highest BCUT2D eigenvalue weighted by Gasteiger charge is 2.52. The maximum absolute atomic E-state index is 13.3. The lowest BCUT2D eigenvalue weighted by atomic mass is 9.96. The van der Waals surface area contributed by atoms with Crippen LogP contribution in [0.5, 0.6) is 0 Å². The van der Waals surface area contributed by atoms with Crippen molar-refractivity contribution >= 4 is 17.9 Å². The summed E-state index contributed by atoms with van der Waals surface area (Å²) in [5, 5.41) is 12.7. The molecule has 38 heavy (non-hydrogen) atoms. The fraction of sp³-hybridized carbons (Fsp3) is 0.467. The molecule has 3 amide bonds. The predicted molar refractivity (Wildman–Crippen MR) is 142 cm³/mol. The first-order chi connectivity index (χ1) is 18.0. The van der Waals surface area contributed by atoms with Gasteiger partial charge in [-0.15, -0.1) is 0 Å². The Bertz CT molecular complexity index is 1310. The van der Waals surface area contributed by atoms with Crippen LogP contribution in [-0.2, 0) is 22.5 Å². The standard InChI is InChI=1S/C30H34N4O4/c1-30(2,3)38-29(37)34-24-12-11-21(14-24)26(34)27(35)32-23(16-31)13-18-5-7-19(8-6-18)20-9-10-22-17-33(4)28(36)25(22)15-20/h5-10,15,21,23-24,26H,11-14,17H2,1-4H3,(H,32,35)/t21?,23-,24+,26-/m0/s1. The number of hydrogen-bond acceptors (Lipinski definition) is 5. The zero-order valence-corrected chi connectivity index (χ0v) is 22.4. The third-order valence-electron chi connectivity index (χ3n) is 7.75. The fourth-order valence-electron chi connectivity index (χ4n) is 5.98. The monoisotopic (exact) mass is 514 g/mol. The van der Waals surface area contributed by atoms with E-state index in [1.165, 1.54) is 0 Å². The van der Waals surface area contributed by atoms with Gasteiger partial charge < -0.3 is 15.0 Å². The zero-order chi connectivity index (χ0) is 27.2. The van der Waals surface area contributed by atoms with Crippen LogP contribution < -0.4 is 5.32 Å². The quantitative estimate of drug-likeness (QED) is 0.642. The van der Waals surface area contributed by atoms with Crippen molar-refractivity contribution in [2.75, 3.05) is 7.05 Å². The molecule has 2 fully saturated rings. The van der Waals surface area contributed by atoms with Gasteiger partial charge in [0.25, 0.3) is 5.91 Å². The molecule has 2 aliphatic heterocycles. The van der Waals surface area contributed by atoms with E-state index < -0.39 is 23.8 Å². The number of nitrogens with one attached hydrogen (secondary N) is 1. The Morgan fingerprint density at radius 3 is 2.53 bits per heavy atom. The predicted octanol–water partition coefficient (Wildman–Crippen LogP) is 4.28. The van der Waals surface area contributed by atoms with Crippen molar-refractivity contribution in [2.24, 2.45) is 5.92 Å². The van der Waals surface area contributed by atoms with Crippen LogP contribution in [0.2, 0.25) is 0 Å². The Morgan fingerprint density at radius 1 is 1.13 bits per heavy atom. The highest BCUT2D eigenvalue weighted by atomic mass is 16.6. The van der Waals surface area contributed by atoms with Gasteiger partial charge in [-0.25, -0.2) is 4.79 Å². The van der Waals surface area contributed by atoms with Gasteiger partial charge in [-0.1, -0.05) is 36.4 Å². The van der Waals surface area contributed by atoms with Crippen LogP contribution in [0.3, 0.4) is 0 Å². The third kappa shape index (κ3) is 4.98. The Balaban J connectivity index is 1.25. The summed E-state index contributed by atoms with van der Waals surface area (Å²) < 4.78 is 5.59. The van der Waals surface area contributed by atoms with Crippen molar-refractivity contribution in [1.82, 2.24) is 15.1 Å². The number of amides is 3. The molecule has 0 spiro atoms. The van der Waals surface area contributed by atoms with Crippen LogP contribution in [-0.4, -0.2) is 58.5 Å². The normalized spacial score (nSPS) is 22.7. The molecule has 3 aliphatic rings. The van der Waals surface area contributed by atoms with Crippen LogP contribution in [0, 0.1) is 17.2 Å². The van der Waals surface area contributed by atoms with Crippen molar-refractivity contribution < 1.29 is 19.1 Å². The number of rotatable bonds is 5. The number of fused-ring (bicyclic) bond motifs is 3. The van der Waals surface area contributed by atoms with Gasteiger partial charge in [0.15, 0.2) is 0 Å². The first-order valence-corrected chi connectivity index (χ1v) is 13.2. The summed E-state index contributed by atoms with van der Waals surface area (Å²) in [4.78, 5) is 41.9. The van der Waals surface area contributed by atoms with E-state index in [0.29, 0.717) is 13.0 Å². The fourth-order valence-corrected chi connectivity index (χ4v) is 5.98. The summed E-state index contributed by atoms with van der Waals surface area (Å²) in [5.41, 5.74) is 3.98. The van der Waals surface area contributed by atoms with E-state index in [-0.39, 0.29) is 23.8 Å². The molecule has 0 aromatic heterocycles. The van der Waals surface area contributed by atoms with Crippen LogP contribution >= 0.6 is 0 Å². The minimum atomic E-state index is -0.721. The lowest BCUT2D eigenvalue weighted by Crippen LogP contribution is -2.55. The summed E-state index contributed by atoms with van der Waals surface area (Å²) in [7, 11) is 1.80. The highest BCUT2D eigenvalue weighted by molar-refractivity contribution is 5.99. The van der Waals surface area contributed by atoms with Gasteiger partial charge in [0.05, 0.1) is 6.07 Å². The molecule has 8 heteroatoms. The summed E-state index contributed by atoms with van der Waals surface area (Å²) >= 11 is 0. The van der Waals surface area contributed by atoms with E-state index >= 15 is 0 Å². The lowest BCUT2D eigenvalue weighted by molar-refractivity contribution is -0.128. The molecule has 1 saturated heterocycles. The molecule has 4 atom stereocenters. The number of piperidine rings is 1. The number of carbonyl (C=O) groups excluding carboxylic acids is 3. The first-order valence-electron chi connectivity index (χ1n) is 13.2. The summed E-state index contributed by atoms with van der Waals surface area (Å²) in [5.74, 6) is -0.170. The van der Waals surface area contributed by atoms with E-state index in [2.05, 4.69) is 11.4 Å². The van der Waals surface area contributed by atoms with Crippen molar-refractivity contribution in [3.05, 3.63) is 59.2 Å². The maximum atomic E-state index is 13.3. The van der Waals surface area contributed by atoms with E-state index in [9.17, 15) is 19.6 Å². The Hall–Kier alpha value is -3.86. The summed E-state index contributed by atoms with van der Waals surface area (Å²) in [6.07, 6.45) is 2.44. The van der Waals surface area contributed by atoms with Gasteiger partial charge in [0.1, 0.15) is 17.7 Å². The molecule has 1 unspecified atom stereocenters. The van der Waals surface area contributed by atoms with E-state index in [0.717, 1.165) is 47.1 Å². The van der Waals surface area contributed by atoms with Crippen LogP contribution in [0.15, 0.2) is 42.5 Å². The molecule has 8 nitrogen and oxygen atoms in total. The summed E-state index contributed by atoms with van der Waals surface area (Å²) in [6, 6.07) is 14.7. The maximum Gasteiger partial charge on any atom is 0.411 e. The molecule has 0 radical (unpaired) electrons. The molecule has 2 bridgehead atoms. The van der Waals surface area contributed by atoms with Gasteiger partial charge in [-0.3, -0.25) is 14.5 Å². The summed E-state index contributed by atoms with van der Waals surface area (Å²) in [6.45, 7) is 6.07. The second-order valence-corrected chi connectivity index (χ2v) is 11.7. The smallest absolute Gasteiger partial charge is 0.411 e. The van der Waals surface area contributed by atoms with Gasteiger partial charge in [-0.2, -0.15) is 5.26 Å². The molecule has 5 rings (SSSR count). The molecular weight excluding hydrogens is 480 g/mol. The van der Waals surface area contributed by atoms with E-state index in [1.54, 1.807) is 16.8 Å². The van der Waals surface area contributed by atoms with Crippen LogP contribution in [0.25, 0.3) is 11.1 Å². The largest absolute Gasteiger partial charge is 0.444 e. The average Bonchev–Trinajstić information content (AvgIpc) is 3.56. The van der Waals surface area contributed by atoms with Gasteiger partial charge in [0.2, 0.25) is 5.91 Å². The molecule has 2 heterocycles. The molecule has 2 aromatic carbocycles. The number of nitrogens with zero attached hydrogens (tertiary/aromatic N) is 3. The Labute approximate surface area is 223 Å². The van der Waals surface area contributed by atoms with E-state index in [4.69, 9.17) is 4.74 Å². The number of benzene rings is 2. The van der Waals surface area contributed by atoms with Crippen LogP contribution in [0.4, 0.5) is 4.79 Å². The minimum Gasteiger partial charge on any atom is -0.444 e. The van der Waals surface area contributed by atoms with E-state index in [1.807, 2.05) is 63.2 Å². The average molecular weight is 515 g/mol. The zero-order valence-electron chi connectivity index (χ0n) is 22.4. The molecular formula is C30H34N4O4. The molecule has 1 N–H and O–H groups in total. The Kier molecular flexibility index (Phi) is 6.64. The molecule has 1 saturated carbocycles. The minimum absolute atomic E-state index is 0.00795. The second kappa shape index (κ2) is 9.79. The van der Waals surface area contributed by atoms with Crippen LogP contribution in [0.1, 0.15) is 61.5 Å². The van der Waals surface area contributed by atoms with Crippen molar-refractivity contribution in [3.63, 3.8) is 0 Å². The van der Waals surface area contributed by atoms with Crippen molar-refractivity contribution in [1.29, 1.82) is 5.26 Å². The highest BCUT2D eigenvalue weighted by Crippen LogP contribution is 2.43. The lowest BCUT2D eigenvalue weighted by Gasteiger charge is -2.35.